The van der Waals surface area contributed by atoms with Gasteiger partial charge < -0.3 is 0 Å². The topological polar surface area (TPSA) is 0 Å². The molecule has 0 bridgehead atoms. The predicted octanol–water partition coefficient (Wildman–Crippen LogP) is 4.15. The van der Waals surface area contributed by atoms with Gasteiger partial charge in [0.15, 0.2) is 0 Å². The Morgan fingerprint density at radius 1 is 1.00 bits per heavy atom. The molecule has 1 fully saturated rings. The SMILES string of the molecule is CC1CC(C)CC(C(CCl)CCl)C1. The van der Waals surface area contributed by atoms with Gasteiger partial charge >= 0.3 is 0 Å². The Bertz CT molecular complexity index is 133. The first-order chi connectivity index (χ1) is 6.17. The van der Waals surface area contributed by atoms with Crippen LogP contribution < -0.4 is 0 Å². The monoisotopic (exact) mass is 222 g/mol. The van der Waals surface area contributed by atoms with Crippen LogP contribution in [0.25, 0.3) is 0 Å². The molecule has 0 aliphatic heterocycles. The zero-order chi connectivity index (χ0) is 9.84. The molecule has 78 valence electrons. The smallest absolute Gasteiger partial charge is 0.0265 e. The highest BCUT2D eigenvalue weighted by Gasteiger charge is 2.28. The summed E-state index contributed by atoms with van der Waals surface area (Å²) in [6.45, 7) is 4.70. The molecule has 0 saturated heterocycles. The molecule has 1 aliphatic carbocycles. The van der Waals surface area contributed by atoms with E-state index in [0.717, 1.165) is 29.5 Å². The van der Waals surface area contributed by atoms with Crippen molar-refractivity contribution in [2.45, 2.75) is 33.1 Å². The molecule has 0 amide bonds. The molecular formula is C11H20Cl2. The second-order valence-electron chi connectivity index (χ2n) is 4.75. The van der Waals surface area contributed by atoms with Crippen molar-refractivity contribution in [3.63, 3.8) is 0 Å². The molecule has 2 atom stereocenters. The zero-order valence-corrected chi connectivity index (χ0v) is 10.1. The van der Waals surface area contributed by atoms with E-state index < -0.39 is 0 Å². The van der Waals surface area contributed by atoms with Crippen molar-refractivity contribution in [2.75, 3.05) is 11.8 Å². The van der Waals surface area contributed by atoms with Gasteiger partial charge in [0.2, 0.25) is 0 Å². The van der Waals surface area contributed by atoms with Crippen LogP contribution in [0.4, 0.5) is 0 Å². The fraction of sp³-hybridized carbons (Fsp3) is 1.00. The molecule has 2 heteroatoms. The molecule has 0 N–H and O–H groups in total. The molecule has 1 aliphatic rings. The van der Waals surface area contributed by atoms with Crippen molar-refractivity contribution in [1.29, 1.82) is 0 Å². The Hall–Kier alpha value is 0.580. The van der Waals surface area contributed by atoms with Gasteiger partial charge in [-0.2, -0.15) is 0 Å². The fourth-order valence-corrected chi connectivity index (χ4v) is 3.52. The third-order valence-corrected chi connectivity index (χ3v) is 4.07. The lowest BCUT2D eigenvalue weighted by molar-refractivity contribution is 0.179. The molecule has 1 saturated carbocycles. The van der Waals surface area contributed by atoms with E-state index in [1.54, 1.807) is 0 Å². The van der Waals surface area contributed by atoms with Gasteiger partial charge in [0.05, 0.1) is 0 Å². The first-order valence-electron chi connectivity index (χ1n) is 5.29. The summed E-state index contributed by atoms with van der Waals surface area (Å²) >= 11 is 11.8. The lowest BCUT2D eigenvalue weighted by Crippen LogP contribution is -2.27. The molecule has 0 nitrogen and oxygen atoms in total. The molecule has 0 spiro atoms. The summed E-state index contributed by atoms with van der Waals surface area (Å²) in [5.41, 5.74) is 0. The minimum Gasteiger partial charge on any atom is -0.126 e. The van der Waals surface area contributed by atoms with E-state index in [9.17, 15) is 0 Å². The van der Waals surface area contributed by atoms with Crippen LogP contribution in [0.1, 0.15) is 33.1 Å². The summed E-state index contributed by atoms with van der Waals surface area (Å²) in [5.74, 6) is 4.49. The van der Waals surface area contributed by atoms with E-state index in [-0.39, 0.29) is 0 Å². The quantitative estimate of drug-likeness (QED) is 0.630. The Morgan fingerprint density at radius 2 is 1.46 bits per heavy atom. The normalized spacial score (nSPS) is 35.3. The first kappa shape index (κ1) is 11.7. The summed E-state index contributed by atoms with van der Waals surface area (Å²) in [5, 5.41) is 0. The van der Waals surface area contributed by atoms with Gasteiger partial charge in [-0.15, -0.1) is 23.2 Å². The highest BCUT2D eigenvalue weighted by Crippen LogP contribution is 2.37. The minimum atomic E-state index is 0.536. The number of hydrogen-bond acceptors (Lipinski definition) is 0. The van der Waals surface area contributed by atoms with Crippen molar-refractivity contribution in [3.8, 4) is 0 Å². The Morgan fingerprint density at radius 3 is 1.85 bits per heavy atom. The van der Waals surface area contributed by atoms with Gasteiger partial charge in [-0.3, -0.25) is 0 Å². The Balaban J connectivity index is 2.48. The van der Waals surface area contributed by atoms with Gasteiger partial charge in [0, 0.05) is 11.8 Å². The Kier molecular flexibility index (Phi) is 4.89. The molecular weight excluding hydrogens is 203 g/mol. The molecule has 0 aromatic carbocycles. The summed E-state index contributed by atoms with van der Waals surface area (Å²) in [7, 11) is 0. The zero-order valence-electron chi connectivity index (χ0n) is 8.60. The van der Waals surface area contributed by atoms with Crippen molar-refractivity contribution < 1.29 is 0 Å². The van der Waals surface area contributed by atoms with Crippen molar-refractivity contribution >= 4 is 23.2 Å². The maximum absolute atomic E-state index is 5.91. The van der Waals surface area contributed by atoms with Crippen LogP contribution in [0.5, 0.6) is 0 Å². The average molecular weight is 223 g/mol. The van der Waals surface area contributed by atoms with E-state index in [2.05, 4.69) is 13.8 Å². The van der Waals surface area contributed by atoms with E-state index in [4.69, 9.17) is 23.2 Å². The first-order valence-corrected chi connectivity index (χ1v) is 6.36. The summed E-state index contributed by atoms with van der Waals surface area (Å²) in [4.78, 5) is 0. The highest BCUT2D eigenvalue weighted by molar-refractivity contribution is 6.20. The minimum absolute atomic E-state index is 0.536. The van der Waals surface area contributed by atoms with E-state index in [0.29, 0.717) is 5.92 Å². The van der Waals surface area contributed by atoms with Crippen LogP contribution >= 0.6 is 23.2 Å². The van der Waals surface area contributed by atoms with Gasteiger partial charge in [-0.25, -0.2) is 0 Å². The maximum atomic E-state index is 5.91. The summed E-state index contributed by atoms with van der Waals surface area (Å²) < 4.78 is 0. The molecule has 0 aromatic rings. The maximum Gasteiger partial charge on any atom is 0.0265 e. The third-order valence-electron chi connectivity index (χ3n) is 3.28. The summed E-state index contributed by atoms with van der Waals surface area (Å²) in [6.07, 6.45) is 4.04. The third kappa shape index (κ3) is 3.32. The van der Waals surface area contributed by atoms with Crippen molar-refractivity contribution in [3.05, 3.63) is 0 Å². The predicted molar refractivity (Wildman–Crippen MR) is 60.6 cm³/mol. The van der Waals surface area contributed by atoms with Crippen LogP contribution in [0.15, 0.2) is 0 Å². The van der Waals surface area contributed by atoms with Crippen LogP contribution in [-0.4, -0.2) is 11.8 Å². The van der Waals surface area contributed by atoms with E-state index in [1.165, 1.54) is 19.3 Å². The van der Waals surface area contributed by atoms with E-state index in [1.807, 2.05) is 0 Å². The second kappa shape index (κ2) is 5.46. The average Bonchev–Trinajstić information content (AvgIpc) is 2.04. The lowest BCUT2D eigenvalue weighted by Gasteiger charge is -2.35. The van der Waals surface area contributed by atoms with E-state index >= 15 is 0 Å². The van der Waals surface area contributed by atoms with Gasteiger partial charge in [0.1, 0.15) is 0 Å². The van der Waals surface area contributed by atoms with Crippen LogP contribution in [0.2, 0.25) is 0 Å². The second-order valence-corrected chi connectivity index (χ2v) is 5.36. The Labute approximate surface area is 92.0 Å². The number of hydrogen-bond donors (Lipinski definition) is 0. The number of alkyl halides is 2. The lowest BCUT2D eigenvalue weighted by atomic mass is 9.72. The van der Waals surface area contributed by atoms with Crippen molar-refractivity contribution in [1.82, 2.24) is 0 Å². The number of rotatable bonds is 3. The van der Waals surface area contributed by atoms with Crippen molar-refractivity contribution in [2.24, 2.45) is 23.7 Å². The standard InChI is InChI=1S/C11H20Cl2/c1-8-3-9(2)5-10(4-8)11(6-12)7-13/h8-11H,3-7H2,1-2H3. The van der Waals surface area contributed by atoms with Crippen LogP contribution in [0, 0.1) is 23.7 Å². The van der Waals surface area contributed by atoms with Crippen LogP contribution in [0.3, 0.4) is 0 Å². The van der Waals surface area contributed by atoms with Gasteiger partial charge in [-0.1, -0.05) is 13.8 Å². The largest absolute Gasteiger partial charge is 0.126 e. The molecule has 0 aromatic heterocycles. The van der Waals surface area contributed by atoms with Gasteiger partial charge in [-0.05, 0) is 42.9 Å². The highest BCUT2D eigenvalue weighted by atomic mass is 35.5. The molecule has 2 unspecified atom stereocenters. The molecule has 0 radical (unpaired) electrons. The molecule has 1 rings (SSSR count). The fourth-order valence-electron chi connectivity index (χ4n) is 2.69. The molecule has 0 heterocycles. The van der Waals surface area contributed by atoms with Crippen LogP contribution in [-0.2, 0) is 0 Å². The number of halogens is 2. The van der Waals surface area contributed by atoms with Gasteiger partial charge in [0.25, 0.3) is 0 Å². The molecule has 13 heavy (non-hydrogen) atoms. The summed E-state index contributed by atoms with van der Waals surface area (Å²) in [6, 6.07) is 0.